The number of amides is 1. The van der Waals surface area contributed by atoms with Gasteiger partial charge in [-0.05, 0) is 49.8 Å². The van der Waals surface area contributed by atoms with Gasteiger partial charge in [-0.15, -0.1) is 0 Å². The Morgan fingerprint density at radius 2 is 1.58 bits per heavy atom. The Balaban J connectivity index is 1.66. The summed E-state index contributed by atoms with van der Waals surface area (Å²) in [6.45, 7) is 0.495. The van der Waals surface area contributed by atoms with E-state index < -0.39 is 9.84 Å². The molecule has 2 aliphatic carbocycles. The summed E-state index contributed by atoms with van der Waals surface area (Å²) in [4.78, 5) is 14.6. The maximum absolute atomic E-state index is 13.1. The molecular formula is C20H28FNO3S. The number of nitrogens with zero attached hydrogens (tertiary/aromatic N) is 1. The molecule has 1 amide bonds. The molecule has 0 bridgehead atoms. The minimum absolute atomic E-state index is 0.140. The minimum atomic E-state index is -3.36. The highest BCUT2D eigenvalue weighted by Gasteiger charge is 2.34. The van der Waals surface area contributed by atoms with E-state index in [-0.39, 0.29) is 28.8 Å². The van der Waals surface area contributed by atoms with E-state index >= 15 is 0 Å². The monoisotopic (exact) mass is 381 g/mol. The van der Waals surface area contributed by atoms with E-state index in [2.05, 4.69) is 0 Å². The zero-order valence-corrected chi connectivity index (χ0v) is 16.0. The fourth-order valence-corrected chi connectivity index (χ4v) is 6.05. The standard InChI is InChI=1S/C20H28FNO3S/c21-17-11-9-16(10-12-17)13-14-22(18-5-1-2-6-18)20(23)15-26(24,25)19-7-3-4-8-19/h9-12,18-19H,1-8,13-15H2. The number of benzene rings is 1. The van der Waals surface area contributed by atoms with Crippen LogP contribution in [0.25, 0.3) is 0 Å². The third-order valence-electron chi connectivity index (χ3n) is 5.78. The van der Waals surface area contributed by atoms with Crippen LogP contribution in [0.3, 0.4) is 0 Å². The predicted octanol–water partition coefficient (Wildman–Crippen LogP) is 3.50. The number of carbonyl (C=O) groups excluding carboxylic acids is 1. The van der Waals surface area contributed by atoms with Crippen LogP contribution in [0, 0.1) is 5.82 Å². The van der Waals surface area contributed by atoms with Gasteiger partial charge >= 0.3 is 0 Å². The summed E-state index contributed by atoms with van der Waals surface area (Å²) in [6, 6.07) is 6.43. The first kappa shape index (κ1) is 19.3. The van der Waals surface area contributed by atoms with E-state index in [1.807, 2.05) is 0 Å². The second kappa shape index (κ2) is 8.51. The first-order valence-electron chi connectivity index (χ1n) is 9.71. The van der Waals surface area contributed by atoms with Crippen LogP contribution in [-0.4, -0.2) is 42.8 Å². The number of carbonyl (C=O) groups is 1. The Morgan fingerprint density at radius 1 is 1.00 bits per heavy atom. The van der Waals surface area contributed by atoms with Gasteiger partial charge in [-0.25, -0.2) is 12.8 Å². The first-order chi connectivity index (χ1) is 12.5. The van der Waals surface area contributed by atoms with Gasteiger partial charge in [-0.3, -0.25) is 4.79 Å². The van der Waals surface area contributed by atoms with E-state index in [1.165, 1.54) is 12.1 Å². The van der Waals surface area contributed by atoms with Gasteiger partial charge < -0.3 is 4.90 Å². The molecule has 0 aromatic heterocycles. The Hall–Kier alpha value is -1.43. The van der Waals surface area contributed by atoms with Gasteiger partial charge in [0, 0.05) is 12.6 Å². The third-order valence-corrected chi connectivity index (χ3v) is 7.91. The van der Waals surface area contributed by atoms with Crippen LogP contribution in [0.5, 0.6) is 0 Å². The van der Waals surface area contributed by atoms with Crippen LogP contribution in [-0.2, 0) is 21.1 Å². The van der Waals surface area contributed by atoms with Crippen LogP contribution in [0.1, 0.15) is 56.9 Å². The fourth-order valence-electron chi connectivity index (χ4n) is 4.25. The van der Waals surface area contributed by atoms with Gasteiger partial charge in [0.25, 0.3) is 0 Å². The second-order valence-corrected chi connectivity index (χ2v) is 9.90. The van der Waals surface area contributed by atoms with Crippen molar-refractivity contribution in [3.63, 3.8) is 0 Å². The highest BCUT2D eigenvalue weighted by atomic mass is 32.2. The molecule has 0 aliphatic heterocycles. The molecule has 2 fully saturated rings. The summed E-state index contributed by atoms with van der Waals surface area (Å²) in [7, 11) is -3.36. The molecule has 2 aliphatic rings. The molecule has 144 valence electrons. The topological polar surface area (TPSA) is 54.5 Å². The number of sulfone groups is 1. The van der Waals surface area contributed by atoms with Crippen molar-refractivity contribution >= 4 is 15.7 Å². The van der Waals surface area contributed by atoms with E-state index in [1.54, 1.807) is 17.0 Å². The molecule has 4 nitrogen and oxygen atoms in total. The highest BCUT2D eigenvalue weighted by Crippen LogP contribution is 2.27. The van der Waals surface area contributed by atoms with Gasteiger partial charge in [0.15, 0.2) is 9.84 Å². The maximum Gasteiger partial charge on any atom is 0.238 e. The molecule has 0 unspecified atom stereocenters. The Bertz CT molecular complexity index is 705. The van der Waals surface area contributed by atoms with Crippen molar-refractivity contribution in [2.45, 2.75) is 69.1 Å². The number of hydrogen-bond donors (Lipinski definition) is 0. The molecule has 0 saturated heterocycles. The zero-order chi connectivity index (χ0) is 18.6. The number of halogens is 1. The van der Waals surface area contributed by atoms with Crippen LogP contribution in [0.4, 0.5) is 4.39 Å². The first-order valence-corrected chi connectivity index (χ1v) is 11.4. The molecule has 0 N–H and O–H groups in total. The Morgan fingerprint density at radius 3 is 2.19 bits per heavy atom. The van der Waals surface area contributed by atoms with E-state index in [4.69, 9.17) is 0 Å². The van der Waals surface area contributed by atoms with Crippen molar-refractivity contribution in [2.75, 3.05) is 12.3 Å². The Kier molecular flexibility index (Phi) is 6.33. The van der Waals surface area contributed by atoms with Crippen molar-refractivity contribution in [1.29, 1.82) is 0 Å². The lowest BCUT2D eigenvalue weighted by atomic mass is 10.1. The lowest BCUT2D eigenvalue weighted by Gasteiger charge is -2.29. The van der Waals surface area contributed by atoms with E-state index in [0.717, 1.165) is 44.1 Å². The van der Waals surface area contributed by atoms with Gasteiger partial charge in [-0.1, -0.05) is 37.8 Å². The smallest absolute Gasteiger partial charge is 0.238 e. The quantitative estimate of drug-likeness (QED) is 0.726. The van der Waals surface area contributed by atoms with Gasteiger partial charge in [0.1, 0.15) is 11.6 Å². The van der Waals surface area contributed by atoms with Crippen LogP contribution >= 0.6 is 0 Å². The molecule has 3 rings (SSSR count). The second-order valence-electron chi connectivity index (χ2n) is 7.62. The van der Waals surface area contributed by atoms with Crippen LogP contribution < -0.4 is 0 Å². The van der Waals surface area contributed by atoms with Gasteiger partial charge in [0.05, 0.1) is 5.25 Å². The number of hydrogen-bond acceptors (Lipinski definition) is 3. The summed E-state index contributed by atoms with van der Waals surface area (Å²) in [6.07, 6.45) is 7.93. The van der Waals surface area contributed by atoms with Crippen molar-refractivity contribution in [3.05, 3.63) is 35.6 Å². The lowest BCUT2D eigenvalue weighted by Crippen LogP contribution is -2.44. The van der Waals surface area contributed by atoms with E-state index in [0.29, 0.717) is 25.8 Å². The summed E-state index contributed by atoms with van der Waals surface area (Å²) in [5.41, 5.74) is 0.959. The average Bonchev–Trinajstić information content (AvgIpc) is 3.30. The lowest BCUT2D eigenvalue weighted by molar-refractivity contribution is -0.130. The molecule has 6 heteroatoms. The highest BCUT2D eigenvalue weighted by molar-refractivity contribution is 7.92. The van der Waals surface area contributed by atoms with Crippen molar-refractivity contribution in [1.82, 2.24) is 4.90 Å². The van der Waals surface area contributed by atoms with Crippen molar-refractivity contribution < 1.29 is 17.6 Å². The normalized spacial score (nSPS) is 19.1. The molecule has 0 spiro atoms. The molecule has 1 aromatic rings. The molecule has 1 aromatic carbocycles. The van der Waals surface area contributed by atoms with Crippen molar-refractivity contribution in [2.24, 2.45) is 0 Å². The van der Waals surface area contributed by atoms with E-state index in [9.17, 15) is 17.6 Å². The average molecular weight is 382 g/mol. The SMILES string of the molecule is O=C(CS(=O)(=O)C1CCCC1)N(CCc1ccc(F)cc1)C1CCCC1. The molecule has 26 heavy (non-hydrogen) atoms. The minimum Gasteiger partial charge on any atom is -0.339 e. The largest absolute Gasteiger partial charge is 0.339 e. The predicted molar refractivity (Wildman–Crippen MR) is 100 cm³/mol. The molecule has 0 radical (unpaired) electrons. The third kappa shape index (κ3) is 4.84. The van der Waals surface area contributed by atoms with Gasteiger partial charge in [0.2, 0.25) is 5.91 Å². The molecule has 2 saturated carbocycles. The summed E-state index contributed by atoms with van der Waals surface area (Å²) >= 11 is 0. The molecule has 0 heterocycles. The molecular weight excluding hydrogens is 353 g/mol. The zero-order valence-electron chi connectivity index (χ0n) is 15.2. The Labute approximate surface area is 155 Å². The summed E-state index contributed by atoms with van der Waals surface area (Å²) < 4.78 is 38.2. The molecule has 0 atom stereocenters. The van der Waals surface area contributed by atoms with Crippen LogP contribution in [0.2, 0.25) is 0 Å². The fraction of sp³-hybridized carbons (Fsp3) is 0.650. The van der Waals surface area contributed by atoms with Crippen molar-refractivity contribution in [3.8, 4) is 0 Å². The number of rotatable bonds is 7. The summed E-state index contributed by atoms with van der Waals surface area (Å²) in [5.74, 6) is -0.900. The summed E-state index contributed by atoms with van der Waals surface area (Å²) in [5, 5.41) is -0.339. The van der Waals surface area contributed by atoms with Gasteiger partial charge in [-0.2, -0.15) is 0 Å². The maximum atomic E-state index is 13.1. The van der Waals surface area contributed by atoms with Crippen LogP contribution in [0.15, 0.2) is 24.3 Å².